The predicted molar refractivity (Wildman–Crippen MR) is 88.7 cm³/mol. The van der Waals surface area contributed by atoms with E-state index < -0.39 is 0 Å². The summed E-state index contributed by atoms with van der Waals surface area (Å²) in [5.41, 5.74) is 6.58. The second kappa shape index (κ2) is 6.91. The van der Waals surface area contributed by atoms with E-state index >= 15 is 0 Å². The normalized spacial score (nSPS) is 11.2. The molecule has 0 saturated carbocycles. The van der Waals surface area contributed by atoms with Crippen LogP contribution in [-0.4, -0.2) is 0 Å². The molecule has 2 aromatic carbocycles. The molecule has 2 rings (SSSR count). The van der Waals surface area contributed by atoms with Crippen molar-refractivity contribution >= 4 is 5.57 Å². The number of allylic oxidation sites excluding steroid dienone is 4. The van der Waals surface area contributed by atoms with E-state index in [1.165, 1.54) is 27.8 Å². The van der Waals surface area contributed by atoms with Crippen LogP contribution in [-0.2, 0) is 6.42 Å². The second-order valence-electron chi connectivity index (χ2n) is 5.44. The van der Waals surface area contributed by atoms with E-state index in [9.17, 15) is 0 Å². The van der Waals surface area contributed by atoms with Crippen molar-refractivity contribution in [3.63, 3.8) is 0 Å². The van der Waals surface area contributed by atoms with Gasteiger partial charge in [0, 0.05) is 0 Å². The molecule has 0 heteroatoms. The minimum absolute atomic E-state index is 0.968. The zero-order valence-corrected chi connectivity index (χ0v) is 12.6. The minimum atomic E-state index is 0.968. The van der Waals surface area contributed by atoms with Crippen LogP contribution in [0.4, 0.5) is 0 Å². The van der Waals surface area contributed by atoms with Gasteiger partial charge in [-0.1, -0.05) is 77.9 Å². The lowest BCUT2D eigenvalue weighted by molar-refractivity contribution is 1.25. The van der Waals surface area contributed by atoms with Crippen molar-refractivity contribution in [2.45, 2.75) is 27.2 Å². The Kier molecular flexibility index (Phi) is 4.95. The maximum Gasteiger partial charge on any atom is -0.00881 e. The van der Waals surface area contributed by atoms with E-state index in [-0.39, 0.29) is 0 Å². The van der Waals surface area contributed by atoms with Crippen molar-refractivity contribution in [2.75, 3.05) is 0 Å². The summed E-state index contributed by atoms with van der Waals surface area (Å²) in [6.45, 7) is 6.42. The molecule has 0 saturated heterocycles. The van der Waals surface area contributed by atoms with Crippen molar-refractivity contribution in [1.82, 2.24) is 0 Å². The van der Waals surface area contributed by atoms with Gasteiger partial charge < -0.3 is 0 Å². The molecule has 0 fully saturated rings. The van der Waals surface area contributed by atoms with E-state index in [1.54, 1.807) is 0 Å². The quantitative estimate of drug-likeness (QED) is 0.630. The van der Waals surface area contributed by atoms with Gasteiger partial charge in [0.2, 0.25) is 0 Å². The van der Waals surface area contributed by atoms with Crippen LogP contribution in [0, 0.1) is 6.92 Å². The van der Waals surface area contributed by atoms with Crippen LogP contribution in [0.25, 0.3) is 5.57 Å². The van der Waals surface area contributed by atoms with Crippen LogP contribution in [0.3, 0.4) is 0 Å². The third kappa shape index (κ3) is 4.24. The van der Waals surface area contributed by atoms with Gasteiger partial charge in [0.15, 0.2) is 0 Å². The van der Waals surface area contributed by atoms with Gasteiger partial charge in [0.1, 0.15) is 0 Å². The van der Waals surface area contributed by atoms with Gasteiger partial charge in [-0.05, 0) is 43.9 Å². The summed E-state index contributed by atoms with van der Waals surface area (Å²) in [6, 6.07) is 19.3. The topological polar surface area (TPSA) is 0 Å². The van der Waals surface area contributed by atoms with E-state index in [0.717, 1.165) is 6.42 Å². The molecule has 0 N–H and O–H groups in total. The molecule has 102 valence electrons. The molecule has 20 heavy (non-hydrogen) atoms. The summed E-state index contributed by atoms with van der Waals surface area (Å²) in [7, 11) is 0. The van der Waals surface area contributed by atoms with Crippen molar-refractivity contribution in [1.29, 1.82) is 0 Å². The summed E-state index contributed by atoms with van der Waals surface area (Å²) >= 11 is 0. The predicted octanol–water partition coefficient (Wildman–Crippen LogP) is 5.59. The Morgan fingerprint density at radius 3 is 2.35 bits per heavy atom. The summed E-state index contributed by atoms with van der Waals surface area (Å²) in [4.78, 5) is 0. The minimum Gasteiger partial charge on any atom is -0.0758 e. The first-order chi connectivity index (χ1) is 9.65. The summed E-state index contributed by atoms with van der Waals surface area (Å²) in [5, 5.41) is 0. The fourth-order valence-corrected chi connectivity index (χ4v) is 2.27. The highest BCUT2D eigenvalue weighted by Gasteiger charge is 1.98. The van der Waals surface area contributed by atoms with E-state index in [2.05, 4.69) is 87.5 Å². The van der Waals surface area contributed by atoms with Crippen molar-refractivity contribution in [2.24, 2.45) is 0 Å². The molecule has 0 heterocycles. The molecule has 0 spiro atoms. The summed E-state index contributed by atoms with van der Waals surface area (Å²) in [5.74, 6) is 0. The van der Waals surface area contributed by atoms with Crippen LogP contribution < -0.4 is 0 Å². The molecule has 0 atom stereocenters. The molecular weight excluding hydrogens is 240 g/mol. The first-order valence-electron chi connectivity index (χ1n) is 7.11. The van der Waals surface area contributed by atoms with Gasteiger partial charge >= 0.3 is 0 Å². The van der Waals surface area contributed by atoms with Gasteiger partial charge in [-0.3, -0.25) is 0 Å². The van der Waals surface area contributed by atoms with Crippen molar-refractivity contribution in [3.05, 3.63) is 89.0 Å². The Hall–Kier alpha value is -2.08. The number of benzene rings is 2. The number of rotatable bonds is 4. The van der Waals surface area contributed by atoms with Crippen LogP contribution in [0.1, 0.15) is 30.5 Å². The maximum atomic E-state index is 2.32. The lowest BCUT2D eigenvalue weighted by Gasteiger charge is -2.05. The Morgan fingerprint density at radius 1 is 0.950 bits per heavy atom. The van der Waals surface area contributed by atoms with E-state index in [4.69, 9.17) is 0 Å². The van der Waals surface area contributed by atoms with Gasteiger partial charge in [0.05, 0.1) is 0 Å². The van der Waals surface area contributed by atoms with E-state index in [1.807, 2.05) is 0 Å². The fraction of sp³-hybridized carbons (Fsp3) is 0.200. The van der Waals surface area contributed by atoms with Crippen LogP contribution in [0.2, 0.25) is 0 Å². The molecule has 0 bridgehead atoms. The van der Waals surface area contributed by atoms with Gasteiger partial charge in [-0.15, -0.1) is 0 Å². The van der Waals surface area contributed by atoms with E-state index in [0.29, 0.717) is 0 Å². The summed E-state index contributed by atoms with van der Waals surface area (Å²) in [6.07, 6.45) is 5.54. The van der Waals surface area contributed by atoms with Crippen LogP contribution in [0.5, 0.6) is 0 Å². The molecule has 0 aromatic heterocycles. The third-order valence-electron chi connectivity index (χ3n) is 3.19. The molecule has 0 unspecified atom stereocenters. The zero-order valence-electron chi connectivity index (χ0n) is 12.6. The molecule has 2 aromatic rings. The average molecular weight is 262 g/mol. The SMILES string of the molecule is CC(C)=CC(=CCc1cccc(C)c1)c1ccccc1. The Morgan fingerprint density at radius 2 is 1.70 bits per heavy atom. The lowest BCUT2D eigenvalue weighted by atomic mass is 10.0. The first kappa shape index (κ1) is 14.3. The second-order valence-corrected chi connectivity index (χ2v) is 5.44. The molecular formula is C20H22. The smallest absolute Gasteiger partial charge is 0.00881 e. The van der Waals surface area contributed by atoms with Crippen molar-refractivity contribution in [3.8, 4) is 0 Å². The highest BCUT2D eigenvalue weighted by Crippen LogP contribution is 2.19. The zero-order chi connectivity index (χ0) is 14.4. The number of hydrogen-bond acceptors (Lipinski definition) is 0. The fourth-order valence-electron chi connectivity index (χ4n) is 2.27. The monoisotopic (exact) mass is 262 g/mol. The van der Waals surface area contributed by atoms with Gasteiger partial charge in [0.25, 0.3) is 0 Å². The molecule has 0 aliphatic rings. The van der Waals surface area contributed by atoms with Crippen LogP contribution in [0.15, 0.2) is 72.3 Å². The van der Waals surface area contributed by atoms with Crippen molar-refractivity contribution < 1.29 is 0 Å². The Bertz CT molecular complexity index is 611. The maximum absolute atomic E-state index is 2.32. The Labute approximate surface area is 122 Å². The average Bonchev–Trinajstić information content (AvgIpc) is 2.44. The molecule has 0 amide bonds. The molecule has 0 aliphatic carbocycles. The highest BCUT2D eigenvalue weighted by molar-refractivity contribution is 5.74. The standard InChI is InChI=1S/C20H22/c1-16(2)14-20(19-10-5-4-6-11-19)13-12-18-9-7-8-17(3)15-18/h4-11,13-15H,12H2,1-3H3. The molecule has 0 aliphatic heterocycles. The Balaban J connectivity index is 2.28. The summed E-state index contributed by atoms with van der Waals surface area (Å²) < 4.78 is 0. The number of hydrogen-bond donors (Lipinski definition) is 0. The number of aryl methyl sites for hydroxylation is 1. The van der Waals surface area contributed by atoms with Crippen LogP contribution >= 0.6 is 0 Å². The molecule has 0 radical (unpaired) electrons. The largest absolute Gasteiger partial charge is 0.0758 e. The lowest BCUT2D eigenvalue weighted by Crippen LogP contribution is -1.86. The first-order valence-corrected chi connectivity index (χ1v) is 7.11. The van der Waals surface area contributed by atoms with Gasteiger partial charge in [-0.2, -0.15) is 0 Å². The third-order valence-corrected chi connectivity index (χ3v) is 3.19. The van der Waals surface area contributed by atoms with Gasteiger partial charge in [-0.25, -0.2) is 0 Å². The molecule has 0 nitrogen and oxygen atoms in total. The highest BCUT2D eigenvalue weighted by atomic mass is 14.0.